The van der Waals surface area contributed by atoms with Crippen LogP contribution in [0.4, 0.5) is 0 Å². The Morgan fingerprint density at radius 2 is 2.12 bits per heavy atom. The molecule has 16 heavy (non-hydrogen) atoms. The molecular weight excluding hydrogens is 196 g/mol. The maximum absolute atomic E-state index is 3.24. The molecule has 2 heteroatoms. The fourth-order valence-corrected chi connectivity index (χ4v) is 2.79. The summed E-state index contributed by atoms with van der Waals surface area (Å²) in [6.07, 6.45) is 8.32. The Bertz CT molecular complexity index is 170. The first-order valence-electron chi connectivity index (χ1n) is 7.16. The molecule has 0 aromatic heterocycles. The molecule has 1 aliphatic heterocycles. The lowest BCUT2D eigenvalue weighted by Crippen LogP contribution is -2.34. The lowest BCUT2D eigenvalue weighted by atomic mass is 9.98. The smallest absolute Gasteiger partial charge is 0.00674 e. The largest absolute Gasteiger partial charge is 0.320 e. The predicted molar refractivity (Wildman–Crippen MR) is 71.8 cm³/mol. The molecule has 1 fully saturated rings. The molecule has 96 valence electrons. The number of hydrogen-bond acceptors (Lipinski definition) is 2. The van der Waals surface area contributed by atoms with Gasteiger partial charge in [-0.25, -0.2) is 0 Å². The standard InChI is InChI=1S/C14H30N2/c1-4-14-8-6-11-16(12-9-14)13(2)7-5-10-15-3/h13-15H,4-12H2,1-3H3. The third-order valence-corrected chi connectivity index (χ3v) is 4.13. The zero-order valence-electron chi connectivity index (χ0n) is 11.5. The van der Waals surface area contributed by atoms with Crippen LogP contribution in [0.15, 0.2) is 0 Å². The van der Waals surface area contributed by atoms with Gasteiger partial charge in [0, 0.05) is 6.04 Å². The summed E-state index contributed by atoms with van der Waals surface area (Å²) < 4.78 is 0. The zero-order chi connectivity index (χ0) is 11.8. The topological polar surface area (TPSA) is 15.3 Å². The van der Waals surface area contributed by atoms with E-state index in [1.54, 1.807) is 0 Å². The molecule has 1 rings (SSSR count). The van der Waals surface area contributed by atoms with Crippen LogP contribution in [0.25, 0.3) is 0 Å². The molecule has 0 radical (unpaired) electrons. The number of hydrogen-bond donors (Lipinski definition) is 1. The normalized spacial score (nSPS) is 25.3. The minimum Gasteiger partial charge on any atom is -0.320 e. The van der Waals surface area contributed by atoms with Gasteiger partial charge in [-0.2, -0.15) is 0 Å². The van der Waals surface area contributed by atoms with Crippen molar-refractivity contribution in [2.24, 2.45) is 5.92 Å². The van der Waals surface area contributed by atoms with Gasteiger partial charge in [-0.1, -0.05) is 13.3 Å². The van der Waals surface area contributed by atoms with E-state index >= 15 is 0 Å². The van der Waals surface area contributed by atoms with Crippen LogP contribution in [-0.4, -0.2) is 37.6 Å². The van der Waals surface area contributed by atoms with Crippen LogP contribution in [0.1, 0.15) is 52.4 Å². The van der Waals surface area contributed by atoms with E-state index in [1.807, 2.05) is 7.05 Å². The molecule has 2 atom stereocenters. The maximum atomic E-state index is 3.24. The minimum atomic E-state index is 0.781. The van der Waals surface area contributed by atoms with Gasteiger partial charge in [0.2, 0.25) is 0 Å². The van der Waals surface area contributed by atoms with Crippen molar-refractivity contribution in [1.82, 2.24) is 10.2 Å². The van der Waals surface area contributed by atoms with Gasteiger partial charge in [0.1, 0.15) is 0 Å². The van der Waals surface area contributed by atoms with Crippen LogP contribution in [0.5, 0.6) is 0 Å². The quantitative estimate of drug-likeness (QED) is 0.701. The first-order valence-corrected chi connectivity index (χ1v) is 7.16. The molecule has 0 spiro atoms. The maximum Gasteiger partial charge on any atom is 0.00674 e. The van der Waals surface area contributed by atoms with E-state index in [2.05, 4.69) is 24.1 Å². The van der Waals surface area contributed by atoms with Gasteiger partial charge >= 0.3 is 0 Å². The molecule has 0 aliphatic carbocycles. The average Bonchev–Trinajstić information content (AvgIpc) is 2.54. The van der Waals surface area contributed by atoms with E-state index in [9.17, 15) is 0 Å². The minimum absolute atomic E-state index is 0.781. The lowest BCUT2D eigenvalue weighted by Gasteiger charge is -2.27. The number of likely N-dealkylation sites (tertiary alicyclic amines) is 1. The van der Waals surface area contributed by atoms with Crippen LogP contribution in [0.3, 0.4) is 0 Å². The Morgan fingerprint density at radius 3 is 2.81 bits per heavy atom. The van der Waals surface area contributed by atoms with Gasteiger partial charge in [0.05, 0.1) is 0 Å². The summed E-state index contributed by atoms with van der Waals surface area (Å²) >= 11 is 0. The summed E-state index contributed by atoms with van der Waals surface area (Å²) in [7, 11) is 2.04. The zero-order valence-corrected chi connectivity index (χ0v) is 11.5. The van der Waals surface area contributed by atoms with E-state index in [1.165, 1.54) is 51.6 Å². The molecular formula is C14H30N2. The molecule has 1 saturated heterocycles. The van der Waals surface area contributed by atoms with E-state index in [-0.39, 0.29) is 0 Å². The second kappa shape index (κ2) is 8.08. The molecule has 1 heterocycles. The Balaban J connectivity index is 2.24. The highest BCUT2D eigenvalue weighted by Gasteiger charge is 2.19. The molecule has 0 amide bonds. The monoisotopic (exact) mass is 226 g/mol. The van der Waals surface area contributed by atoms with Gasteiger partial charge < -0.3 is 10.2 Å². The highest BCUT2D eigenvalue weighted by molar-refractivity contribution is 4.74. The molecule has 2 unspecified atom stereocenters. The molecule has 0 aromatic rings. The highest BCUT2D eigenvalue weighted by atomic mass is 15.1. The van der Waals surface area contributed by atoms with Crippen molar-refractivity contribution in [3.63, 3.8) is 0 Å². The lowest BCUT2D eigenvalue weighted by molar-refractivity contribution is 0.202. The second-order valence-electron chi connectivity index (χ2n) is 5.34. The van der Waals surface area contributed by atoms with E-state index in [4.69, 9.17) is 0 Å². The summed E-state index contributed by atoms with van der Waals surface area (Å²) in [5.74, 6) is 0.995. The van der Waals surface area contributed by atoms with E-state index in [0.717, 1.165) is 18.5 Å². The van der Waals surface area contributed by atoms with Crippen LogP contribution in [0, 0.1) is 5.92 Å². The van der Waals surface area contributed by atoms with Gasteiger partial charge in [-0.05, 0) is 71.6 Å². The Hall–Kier alpha value is -0.0800. The highest BCUT2D eigenvalue weighted by Crippen LogP contribution is 2.22. The molecule has 1 aliphatic rings. The third kappa shape index (κ3) is 4.84. The van der Waals surface area contributed by atoms with Gasteiger partial charge in [0.15, 0.2) is 0 Å². The van der Waals surface area contributed by atoms with E-state index in [0.29, 0.717) is 0 Å². The van der Waals surface area contributed by atoms with Gasteiger partial charge in [0.25, 0.3) is 0 Å². The van der Waals surface area contributed by atoms with Crippen molar-refractivity contribution in [2.45, 2.75) is 58.4 Å². The van der Waals surface area contributed by atoms with Crippen molar-refractivity contribution < 1.29 is 0 Å². The Labute approximate surface area is 102 Å². The van der Waals surface area contributed by atoms with Crippen molar-refractivity contribution in [1.29, 1.82) is 0 Å². The summed E-state index contributed by atoms with van der Waals surface area (Å²) in [4.78, 5) is 2.71. The molecule has 1 N–H and O–H groups in total. The van der Waals surface area contributed by atoms with E-state index < -0.39 is 0 Å². The Kier molecular flexibility index (Phi) is 7.06. The van der Waals surface area contributed by atoms with Gasteiger partial charge in [-0.3, -0.25) is 0 Å². The summed E-state index contributed by atoms with van der Waals surface area (Å²) in [5.41, 5.74) is 0. The first-order chi connectivity index (χ1) is 7.77. The fraction of sp³-hybridized carbons (Fsp3) is 1.00. The Morgan fingerprint density at radius 1 is 1.31 bits per heavy atom. The van der Waals surface area contributed by atoms with Crippen molar-refractivity contribution in [3.05, 3.63) is 0 Å². The second-order valence-corrected chi connectivity index (χ2v) is 5.34. The van der Waals surface area contributed by atoms with Crippen LogP contribution in [0.2, 0.25) is 0 Å². The van der Waals surface area contributed by atoms with Crippen molar-refractivity contribution in [2.75, 3.05) is 26.7 Å². The molecule has 0 saturated carbocycles. The SMILES string of the molecule is CCC1CCCN(C(C)CCCNC)CC1. The van der Waals surface area contributed by atoms with Crippen LogP contribution < -0.4 is 5.32 Å². The van der Waals surface area contributed by atoms with Crippen LogP contribution in [-0.2, 0) is 0 Å². The summed E-state index contributed by atoms with van der Waals surface area (Å²) in [6, 6.07) is 0.781. The number of nitrogens with one attached hydrogen (secondary N) is 1. The molecule has 0 bridgehead atoms. The summed E-state index contributed by atoms with van der Waals surface area (Å²) in [6.45, 7) is 8.57. The van der Waals surface area contributed by atoms with Gasteiger partial charge in [-0.15, -0.1) is 0 Å². The predicted octanol–water partition coefficient (Wildman–Crippen LogP) is 2.89. The van der Waals surface area contributed by atoms with Crippen molar-refractivity contribution >= 4 is 0 Å². The summed E-state index contributed by atoms with van der Waals surface area (Å²) in [5, 5.41) is 3.24. The van der Waals surface area contributed by atoms with Crippen LogP contribution >= 0.6 is 0 Å². The number of nitrogens with zero attached hydrogens (tertiary/aromatic N) is 1. The molecule has 2 nitrogen and oxygen atoms in total. The first kappa shape index (κ1) is 14.0. The number of rotatable bonds is 6. The molecule has 0 aromatic carbocycles. The average molecular weight is 226 g/mol. The third-order valence-electron chi connectivity index (χ3n) is 4.13. The van der Waals surface area contributed by atoms with Crippen molar-refractivity contribution in [3.8, 4) is 0 Å². The fourth-order valence-electron chi connectivity index (χ4n) is 2.79.